The topological polar surface area (TPSA) is 66.9 Å². The molecule has 1 aromatic heterocycles. The largest absolute Gasteiger partial charge is 0.369 e. The smallest absolute Gasteiger partial charge is 0.221 e. The van der Waals surface area contributed by atoms with Crippen molar-refractivity contribution in [2.45, 2.75) is 13.3 Å². The van der Waals surface area contributed by atoms with Crippen molar-refractivity contribution in [2.24, 2.45) is 0 Å². The molecule has 82 valence electrons. The standard InChI is InChI=1S/C9H13BrN4O/c1-6-13-7(10)5-8(14-6)12-4-3-9(15)11-2/h5H,3-4H2,1-2H3,(H,11,15)(H,12,13,14). The molecule has 0 saturated carbocycles. The fourth-order valence-corrected chi connectivity index (χ4v) is 1.52. The summed E-state index contributed by atoms with van der Waals surface area (Å²) < 4.78 is 0.734. The minimum absolute atomic E-state index is 0.00680. The number of rotatable bonds is 4. The van der Waals surface area contributed by atoms with Crippen molar-refractivity contribution in [2.75, 3.05) is 18.9 Å². The second-order valence-corrected chi connectivity index (χ2v) is 3.79. The lowest BCUT2D eigenvalue weighted by atomic mass is 10.4. The van der Waals surface area contributed by atoms with E-state index in [1.54, 1.807) is 13.1 Å². The second-order valence-electron chi connectivity index (χ2n) is 2.97. The Balaban J connectivity index is 2.47. The molecule has 0 spiro atoms. The monoisotopic (exact) mass is 272 g/mol. The lowest BCUT2D eigenvalue weighted by Crippen LogP contribution is -2.21. The van der Waals surface area contributed by atoms with Crippen LogP contribution < -0.4 is 10.6 Å². The number of halogens is 1. The van der Waals surface area contributed by atoms with Crippen LogP contribution in [-0.4, -0.2) is 29.5 Å². The van der Waals surface area contributed by atoms with E-state index < -0.39 is 0 Å². The minimum Gasteiger partial charge on any atom is -0.369 e. The molecule has 0 aromatic carbocycles. The fraction of sp³-hybridized carbons (Fsp3) is 0.444. The van der Waals surface area contributed by atoms with E-state index in [-0.39, 0.29) is 5.91 Å². The molecule has 0 aliphatic heterocycles. The highest BCUT2D eigenvalue weighted by Gasteiger charge is 2.00. The zero-order valence-electron chi connectivity index (χ0n) is 8.67. The predicted octanol–water partition coefficient (Wildman–Crippen LogP) is 1.10. The third-order valence-corrected chi connectivity index (χ3v) is 2.15. The van der Waals surface area contributed by atoms with Crippen LogP contribution in [0.3, 0.4) is 0 Å². The molecule has 0 fully saturated rings. The van der Waals surface area contributed by atoms with Gasteiger partial charge < -0.3 is 10.6 Å². The number of amides is 1. The molecule has 15 heavy (non-hydrogen) atoms. The fourth-order valence-electron chi connectivity index (χ4n) is 1.05. The van der Waals surface area contributed by atoms with Crippen molar-refractivity contribution in [3.8, 4) is 0 Å². The van der Waals surface area contributed by atoms with Gasteiger partial charge in [0.1, 0.15) is 16.2 Å². The first-order chi connectivity index (χ1) is 7.11. The molecule has 1 amide bonds. The molecule has 0 radical (unpaired) electrons. The van der Waals surface area contributed by atoms with Crippen LogP contribution in [0.2, 0.25) is 0 Å². The van der Waals surface area contributed by atoms with Gasteiger partial charge in [0, 0.05) is 26.1 Å². The first kappa shape index (κ1) is 11.9. The van der Waals surface area contributed by atoms with E-state index in [9.17, 15) is 4.79 Å². The summed E-state index contributed by atoms with van der Waals surface area (Å²) in [7, 11) is 1.62. The average Bonchev–Trinajstić information content (AvgIpc) is 2.16. The molecule has 1 rings (SSSR count). The first-order valence-corrected chi connectivity index (χ1v) is 5.36. The Labute approximate surface area is 96.8 Å². The predicted molar refractivity (Wildman–Crippen MR) is 61.6 cm³/mol. The molecule has 6 heteroatoms. The van der Waals surface area contributed by atoms with Gasteiger partial charge in [-0.05, 0) is 22.9 Å². The van der Waals surface area contributed by atoms with Crippen LogP contribution in [0.25, 0.3) is 0 Å². The molecule has 0 bridgehead atoms. The Morgan fingerprint density at radius 3 is 2.87 bits per heavy atom. The van der Waals surface area contributed by atoms with Crippen LogP contribution in [0.15, 0.2) is 10.7 Å². The summed E-state index contributed by atoms with van der Waals surface area (Å²) >= 11 is 3.28. The molecule has 2 N–H and O–H groups in total. The Morgan fingerprint density at radius 1 is 1.53 bits per heavy atom. The molecule has 0 aliphatic carbocycles. The maximum atomic E-state index is 10.9. The highest BCUT2D eigenvalue weighted by molar-refractivity contribution is 9.10. The number of aromatic nitrogens is 2. The lowest BCUT2D eigenvalue weighted by molar-refractivity contribution is -0.120. The molecule has 5 nitrogen and oxygen atoms in total. The molecule has 0 atom stereocenters. The molecular weight excluding hydrogens is 260 g/mol. The van der Waals surface area contributed by atoms with Gasteiger partial charge in [0.15, 0.2) is 0 Å². The van der Waals surface area contributed by atoms with Gasteiger partial charge >= 0.3 is 0 Å². The number of hydrogen-bond acceptors (Lipinski definition) is 4. The van der Waals surface area contributed by atoms with Crippen molar-refractivity contribution in [1.29, 1.82) is 0 Å². The molecule has 0 unspecified atom stereocenters. The van der Waals surface area contributed by atoms with Gasteiger partial charge in [0.05, 0.1) is 0 Å². The number of aryl methyl sites for hydroxylation is 1. The third kappa shape index (κ3) is 4.24. The van der Waals surface area contributed by atoms with Crippen LogP contribution in [-0.2, 0) is 4.79 Å². The summed E-state index contributed by atoms with van der Waals surface area (Å²) in [6.07, 6.45) is 0.428. The number of nitrogens with zero attached hydrogens (tertiary/aromatic N) is 2. The van der Waals surface area contributed by atoms with Crippen molar-refractivity contribution in [1.82, 2.24) is 15.3 Å². The minimum atomic E-state index is 0.00680. The summed E-state index contributed by atoms with van der Waals surface area (Å²) in [6, 6.07) is 1.77. The molecule has 0 aliphatic rings. The van der Waals surface area contributed by atoms with E-state index in [1.807, 2.05) is 6.92 Å². The van der Waals surface area contributed by atoms with Crippen LogP contribution in [0.4, 0.5) is 5.82 Å². The van der Waals surface area contributed by atoms with E-state index in [1.165, 1.54) is 0 Å². The number of carbonyl (C=O) groups is 1. The number of nitrogens with one attached hydrogen (secondary N) is 2. The summed E-state index contributed by atoms with van der Waals surface area (Å²) in [4.78, 5) is 19.2. The average molecular weight is 273 g/mol. The van der Waals surface area contributed by atoms with Gasteiger partial charge in [-0.15, -0.1) is 0 Å². The van der Waals surface area contributed by atoms with Gasteiger partial charge in [-0.1, -0.05) is 0 Å². The lowest BCUT2D eigenvalue weighted by Gasteiger charge is -2.05. The molecule has 1 heterocycles. The van der Waals surface area contributed by atoms with Crippen molar-refractivity contribution < 1.29 is 4.79 Å². The van der Waals surface area contributed by atoms with E-state index >= 15 is 0 Å². The second kappa shape index (κ2) is 5.65. The van der Waals surface area contributed by atoms with E-state index in [0.717, 1.165) is 10.4 Å². The van der Waals surface area contributed by atoms with Crippen molar-refractivity contribution in [3.05, 3.63) is 16.5 Å². The zero-order chi connectivity index (χ0) is 11.3. The summed E-state index contributed by atoms with van der Waals surface area (Å²) in [6.45, 7) is 2.37. The Morgan fingerprint density at radius 2 is 2.27 bits per heavy atom. The third-order valence-electron chi connectivity index (χ3n) is 1.74. The highest BCUT2D eigenvalue weighted by atomic mass is 79.9. The molecule has 1 aromatic rings. The Bertz CT molecular complexity index is 336. The maximum Gasteiger partial charge on any atom is 0.221 e. The Hall–Kier alpha value is -1.17. The first-order valence-electron chi connectivity index (χ1n) is 4.57. The highest BCUT2D eigenvalue weighted by Crippen LogP contribution is 2.11. The van der Waals surface area contributed by atoms with Gasteiger partial charge in [-0.3, -0.25) is 4.79 Å². The van der Waals surface area contributed by atoms with E-state index in [0.29, 0.717) is 18.8 Å². The maximum absolute atomic E-state index is 10.9. The summed E-state index contributed by atoms with van der Waals surface area (Å²) in [5.41, 5.74) is 0. The molecule has 0 saturated heterocycles. The van der Waals surface area contributed by atoms with Crippen molar-refractivity contribution in [3.63, 3.8) is 0 Å². The molecular formula is C9H13BrN4O. The van der Waals surface area contributed by atoms with E-state index in [2.05, 4.69) is 36.5 Å². The van der Waals surface area contributed by atoms with Crippen LogP contribution in [0.1, 0.15) is 12.2 Å². The van der Waals surface area contributed by atoms with Crippen molar-refractivity contribution >= 4 is 27.7 Å². The van der Waals surface area contributed by atoms with Crippen LogP contribution in [0.5, 0.6) is 0 Å². The SMILES string of the molecule is CNC(=O)CCNc1cc(Br)nc(C)n1. The number of anilines is 1. The zero-order valence-corrected chi connectivity index (χ0v) is 10.3. The van der Waals surface area contributed by atoms with Gasteiger partial charge in [0.25, 0.3) is 0 Å². The number of hydrogen-bond donors (Lipinski definition) is 2. The quantitative estimate of drug-likeness (QED) is 0.806. The van der Waals surface area contributed by atoms with Crippen LogP contribution in [0, 0.1) is 6.92 Å². The van der Waals surface area contributed by atoms with Crippen LogP contribution >= 0.6 is 15.9 Å². The van der Waals surface area contributed by atoms with Gasteiger partial charge in [0.2, 0.25) is 5.91 Å². The summed E-state index contributed by atoms with van der Waals surface area (Å²) in [5.74, 6) is 1.41. The van der Waals surface area contributed by atoms with E-state index in [4.69, 9.17) is 0 Å². The normalized spacial score (nSPS) is 9.80. The van der Waals surface area contributed by atoms with Gasteiger partial charge in [-0.2, -0.15) is 0 Å². The Kier molecular flexibility index (Phi) is 4.48. The summed E-state index contributed by atoms with van der Waals surface area (Å²) in [5, 5.41) is 5.60. The number of carbonyl (C=O) groups excluding carboxylic acids is 1. The van der Waals surface area contributed by atoms with Gasteiger partial charge in [-0.25, -0.2) is 9.97 Å².